The molecule has 1 aliphatic heterocycles. The van der Waals surface area contributed by atoms with Crippen molar-refractivity contribution in [3.8, 4) is 0 Å². The van der Waals surface area contributed by atoms with Crippen molar-refractivity contribution >= 4 is 15.9 Å². The van der Waals surface area contributed by atoms with E-state index >= 15 is 0 Å². The fourth-order valence-corrected chi connectivity index (χ4v) is 3.34. The van der Waals surface area contributed by atoms with E-state index in [0.29, 0.717) is 13.0 Å². The zero-order valence-electron chi connectivity index (χ0n) is 13.2. The first-order valence-corrected chi connectivity index (χ1v) is 9.17. The predicted octanol–water partition coefficient (Wildman–Crippen LogP) is 0.535. The highest BCUT2D eigenvalue weighted by Crippen LogP contribution is 2.19. The lowest BCUT2D eigenvalue weighted by Gasteiger charge is -2.37. The molecule has 1 fully saturated rings. The van der Waals surface area contributed by atoms with E-state index in [1.807, 2.05) is 0 Å². The van der Waals surface area contributed by atoms with Crippen LogP contribution in [0.5, 0.6) is 0 Å². The Labute approximate surface area is 135 Å². The molecule has 6 nitrogen and oxygen atoms in total. The lowest BCUT2D eigenvalue weighted by atomic mass is 10.0. The van der Waals surface area contributed by atoms with Gasteiger partial charge in [0.2, 0.25) is 10.0 Å². The van der Waals surface area contributed by atoms with Gasteiger partial charge in [0.15, 0.2) is 5.60 Å². The van der Waals surface area contributed by atoms with Gasteiger partial charge in [-0.15, -0.1) is 0 Å². The van der Waals surface area contributed by atoms with Crippen LogP contribution in [0.25, 0.3) is 0 Å². The van der Waals surface area contributed by atoms with E-state index in [2.05, 4.69) is 5.32 Å². The number of benzene rings is 1. The molecule has 0 aliphatic carbocycles. The number of rotatable bonds is 5. The number of sulfonamides is 1. The zero-order valence-corrected chi connectivity index (χ0v) is 14.0. The van der Waals surface area contributed by atoms with E-state index in [-0.39, 0.29) is 31.4 Å². The van der Waals surface area contributed by atoms with E-state index < -0.39 is 15.6 Å². The highest BCUT2D eigenvalue weighted by Gasteiger charge is 2.41. The third kappa shape index (κ3) is 4.73. The van der Waals surface area contributed by atoms with Crippen molar-refractivity contribution in [2.45, 2.75) is 18.9 Å². The fourth-order valence-electron chi connectivity index (χ4n) is 2.45. The number of amides is 1. The van der Waals surface area contributed by atoms with Gasteiger partial charge in [-0.1, -0.05) is 12.1 Å². The molecule has 2 rings (SSSR count). The third-order valence-corrected chi connectivity index (χ3v) is 5.03. The number of carbonyl (C=O) groups excluding carboxylic acids is 1. The van der Waals surface area contributed by atoms with Crippen molar-refractivity contribution in [1.29, 1.82) is 0 Å². The average Bonchev–Trinajstić information content (AvgIpc) is 2.46. The van der Waals surface area contributed by atoms with E-state index in [1.54, 1.807) is 19.1 Å². The highest BCUT2D eigenvalue weighted by molar-refractivity contribution is 7.88. The van der Waals surface area contributed by atoms with Crippen LogP contribution in [-0.4, -0.2) is 56.7 Å². The molecule has 0 radical (unpaired) electrons. The lowest BCUT2D eigenvalue weighted by molar-refractivity contribution is -0.152. The number of nitrogens with one attached hydrogen (secondary N) is 1. The predicted molar refractivity (Wildman–Crippen MR) is 83.9 cm³/mol. The lowest BCUT2D eigenvalue weighted by Crippen LogP contribution is -2.59. The van der Waals surface area contributed by atoms with Crippen LogP contribution < -0.4 is 5.32 Å². The van der Waals surface area contributed by atoms with Gasteiger partial charge in [-0.25, -0.2) is 12.8 Å². The van der Waals surface area contributed by atoms with Crippen molar-refractivity contribution in [2.75, 3.05) is 32.5 Å². The molecule has 0 unspecified atom stereocenters. The van der Waals surface area contributed by atoms with Crippen molar-refractivity contribution in [1.82, 2.24) is 9.62 Å². The third-order valence-electron chi connectivity index (χ3n) is 3.78. The van der Waals surface area contributed by atoms with Gasteiger partial charge in [0.1, 0.15) is 5.82 Å². The summed E-state index contributed by atoms with van der Waals surface area (Å²) in [7, 11) is -3.37. The summed E-state index contributed by atoms with van der Waals surface area (Å²) in [5, 5.41) is 2.72. The summed E-state index contributed by atoms with van der Waals surface area (Å²) in [6, 6.07) is 6.16. The van der Waals surface area contributed by atoms with Crippen LogP contribution in [0.4, 0.5) is 4.39 Å². The molecular formula is C15H21FN2O4S. The van der Waals surface area contributed by atoms with Crippen LogP contribution in [0.1, 0.15) is 12.5 Å². The summed E-state index contributed by atoms with van der Waals surface area (Å²) in [4.78, 5) is 12.3. The average molecular weight is 344 g/mol. The van der Waals surface area contributed by atoms with E-state index in [4.69, 9.17) is 4.74 Å². The summed E-state index contributed by atoms with van der Waals surface area (Å²) in [5.41, 5.74) is -0.443. The second-order valence-electron chi connectivity index (χ2n) is 5.81. The monoisotopic (exact) mass is 344 g/mol. The van der Waals surface area contributed by atoms with Gasteiger partial charge >= 0.3 is 0 Å². The van der Waals surface area contributed by atoms with Gasteiger partial charge in [0.05, 0.1) is 19.4 Å². The number of hydrogen-bond donors (Lipinski definition) is 1. The Morgan fingerprint density at radius 3 is 2.87 bits per heavy atom. The minimum Gasteiger partial charge on any atom is -0.363 e. The van der Waals surface area contributed by atoms with Gasteiger partial charge in [-0.2, -0.15) is 4.31 Å². The van der Waals surface area contributed by atoms with Gasteiger partial charge < -0.3 is 10.1 Å². The molecule has 0 spiro atoms. The Morgan fingerprint density at radius 1 is 1.48 bits per heavy atom. The molecule has 128 valence electrons. The minimum atomic E-state index is -3.37. The first-order chi connectivity index (χ1) is 10.7. The quantitative estimate of drug-likeness (QED) is 0.846. The Balaban J connectivity index is 1.91. The fraction of sp³-hybridized carbons (Fsp3) is 0.533. The first kappa shape index (κ1) is 17.8. The second-order valence-corrected chi connectivity index (χ2v) is 7.79. The molecule has 1 aromatic rings. The molecule has 1 heterocycles. The molecule has 1 atom stereocenters. The summed E-state index contributed by atoms with van der Waals surface area (Å²) in [5.74, 6) is -0.692. The van der Waals surface area contributed by atoms with Crippen LogP contribution in [0, 0.1) is 5.82 Å². The summed E-state index contributed by atoms with van der Waals surface area (Å²) >= 11 is 0. The normalized spacial score (nSPS) is 22.7. The van der Waals surface area contributed by atoms with Crippen molar-refractivity contribution in [3.63, 3.8) is 0 Å². The second kappa shape index (κ2) is 6.94. The molecule has 1 amide bonds. The van der Waals surface area contributed by atoms with Crippen LogP contribution in [0.2, 0.25) is 0 Å². The van der Waals surface area contributed by atoms with Crippen LogP contribution >= 0.6 is 0 Å². The Hall–Kier alpha value is -1.51. The number of hydrogen-bond acceptors (Lipinski definition) is 4. The van der Waals surface area contributed by atoms with Crippen LogP contribution in [0.3, 0.4) is 0 Å². The number of morpholine rings is 1. The van der Waals surface area contributed by atoms with Crippen LogP contribution in [-0.2, 0) is 26.0 Å². The molecule has 0 saturated carbocycles. The van der Waals surface area contributed by atoms with Crippen LogP contribution in [0.15, 0.2) is 24.3 Å². The molecule has 0 bridgehead atoms. The number of ether oxygens (including phenoxy) is 1. The SMILES string of the molecule is C[C@]1(C(=O)NCCc2cccc(F)c2)CN(S(C)(=O)=O)CCO1. The number of halogens is 1. The number of carbonyl (C=O) groups is 1. The van der Waals surface area contributed by atoms with Gasteiger partial charge in [0.25, 0.3) is 5.91 Å². The molecule has 0 aromatic heterocycles. The maximum Gasteiger partial charge on any atom is 0.253 e. The van der Waals surface area contributed by atoms with Crippen molar-refractivity contribution in [3.05, 3.63) is 35.6 Å². The summed E-state index contributed by atoms with van der Waals surface area (Å²) < 4.78 is 43.1. The van der Waals surface area contributed by atoms with E-state index in [1.165, 1.54) is 16.4 Å². The summed E-state index contributed by atoms with van der Waals surface area (Å²) in [6.45, 7) is 2.28. The maximum atomic E-state index is 13.1. The topological polar surface area (TPSA) is 75.7 Å². The van der Waals surface area contributed by atoms with Crippen molar-refractivity contribution in [2.24, 2.45) is 0 Å². The largest absolute Gasteiger partial charge is 0.363 e. The molecule has 1 N–H and O–H groups in total. The van der Waals surface area contributed by atoms with Gasteiger partial charge in [0, 0.05) is 13.1 Å². The molecule has 1 saturated heterocycles. The molecular weight excluding hydrogens is 323 g/mol. The Kier molecular flexibility index (Phi) is 5.38. The molecule has 8 heteroatoms. The molecule has 23 heavy (non-hydrogen) atoms. The van der Waals surface area contributed by atoms with Crippen molar-refractivity contribution < 1.29 is 22.3 Å². The van der Waals surface area contributed by atoms with Gasteiger partial charge in [-0.3, -0.25) is 4.79 Å². The summed E-state index contributed by atoms with van der Waals surface area (Å²) in [6.07, 6.45) is 1.59. The smallest absolute Gasteiger partial charge is 0.253 e. The molecule has 1 aromatic carbocycles. The zero-order chi connectivity index (χ0) is 17.1. The maximum absolute atomic E-state index is 13.1. The Morgan fingerprint density at radius 2 is 2.22 bits per heavy atom. The highest BCUT2D eigenvalue weighted by atomic mass is 32.2. The first-order valence-electron chi connectivity index (χ1n) is 7.32. The van der Waals surface area contributed by atoms with E-state index in [9.17, 15) is 17.6 Å². The Bertz CT molecular complexity index is 680. The standard InChI is InChI=1S/C15H21FN2O4S/c1-15(11-18(8-9-22-15)23(2,20)21)14(19)17-7-6-12-4-3-5-13(16)10-12/h3-5,10H,6-9,11H2,1-2H3,(H,17,19)/t15-/m1/s1. The minimum absolute atomic E-state index is 0.0162. The van der Waals surface area contributed by atoms with E-state index in [0.717, 1.165) is 11.8 Å². The molecule has 1 aliphatic rings. The number of nitrogens with zero attached hydrogens (tertiary/aromatic N) is 1. The van der Waals surface area contributed by atoms with Gasteiger partial charge in [-0.05, 0) is 31.0 Å².